The molecule has 0 saturated carbocycles. The highest BCUT2D eigenvalue weighted by atomic mass is 16.4. The van der Waals surface area contributed by atoms with Gasteiger partial charge in [0.15, 0.2) is 5.69 Å². The summed E-state index contributed by atoms with van der Waals surface area (Å²) in [6.45, 7) is 3.95. The average molecular weight is 398 g/mol. The van der Waals surface area contributed by atoms with E-state index in [4.69, 9.17) is 10.2 Å². The smallest absolute Gasteiger partial charge is 0.349 e. The van der Waals surface area contributed by atoms with Crippen LogP contribution in [0.15, 0.2) is 49.1 Å². The molecule has 0 aliphatic carbocycles. The first kappa shape index (κ1) is 20.1. The van der Waals surface area contributed by atoms with Gasteiger partial charge in [0.25, 0.3) is 11.5 Å². The number of rotatable bonds is 6. The van der Waals surface area contributed by atoms with E-state index in [0.717, 1.165) is 11.3 Å². The number of hydrogen-bond acceptors (Lipinski definition) is 6. The second-order valence-electron chi connectivity index (χ2n) is 6.53. The number of aromatic amines is 1. The predicted octanol–water partition coefficient (Wildman–Crippen LogP) is 1.69. The minimum atomic E-state index is -0.818. The zero-order chi connectivity index (χ0) is 21.1. The number of aromatic nitrogens is 2. The summed E-state index contributed by atoms with van der Waals surface area (Å²) in [4.78, 5) is 53.4. The van der Waals surface area contributed by atoms with E-state index in [1.165, 1.54) is 10.6 Å². The summed E-state index contributed by atoms with van der Waals surface area (Å²) in [6, 6.07) is 8.21. The molecule has 152 valence electrons. The summed E-state index contributed by atoms with van der Waals surface area (Å²) >= 11 is 0. The second-order valence-corrected chi connectivity index (χ2v) is 6.53. The van der Waals surface area contributed by atoms with E-state index in [0.29, 0.717) is 23.9 Å². The fraction of sp³-hybridized carbons (Fsp3) is 0.300. The summed E-state index contributed by atoms with van der Waals surface area (Å²) < 4.78 is 6.45. The zero-order valence-corrected chi connectivity index (χ0v) is 16.2. The number of anilines is 2. The quantitative estimate of drug-likeness (QED) is 0.608. The molecule has 0 spiro atoms. The third-order valence-corrected chi connectivity index (χ3v) is 4.65. The van der Waals surface area contributed by atoms with Crippen molar-refractivity contribution in [2.75, 3.05) is 17.2 Å². The normalized spacial score (nSPS) is 11.0. The first-order chi connectivity index (χ1) is 13.9. The van der Waals surface area contributed by atoms with Crippen molar-refractivity contribution in [2.45, 2.75) is 33.2 Å². The van der Waals surface area contributed by atoms with Gasteiger partial charge in [0.2, 0.25) is 0 Å². The highest BCUT2D eigenvalue weighted by Crippen LogP contribution is 2.20. The maximum atomic E-state index is 13.1. The van der Waals surface area contributed by atoms with Gasteiger partial charge in [-0.15, -0.1) is 0 Å². The van der Waals surface area contributed by atoms with Gasteiger partial charge < -0.3 is 15.1 Å². The first-order valence-corrected chi connectivity index (χ1v) is 9.36. The number of benzene rings is 1. The topological polar surface area (TPSA) is 131 Å². The van der Waals surface area contributed by atoms with Gasteiger partial charge >= 0.3 is 11.3 Å². The number of para-hydroxylation sites is 1. The van der Waals surface area contributed by atoms with Crippen molar-refractivity contribution < 1.29 is 9.21 Å². The Morgan fingerprint density at radius 3 is 2.62 bits per heavy atom. The van der Waals surface area contributed by atoms with Crippen molar-refractivity contribution in [3.05, 3.63) is 67.2 Å². The number of H-pyrrole nitrogens is 1. The SMILES string of the molecule is CCCCn1c(N)c(N(CC)C(=O)c2cc3ccccc3oc2=O)c(=O)[nH]c1=O. The number of nitrogens with one attached hydrogen (secondary N) is 1. The molecule has 2 aromatic heterocycles. The number of fused-ring (bicyclic) bond motifs is 1. The van der Waals surface area contributed by atoms with Gasteiger partial charge in [-0.2, -0.15) is 0 Å². The van der Waals surface area contributed by atoms with Crippen molar-refractivity contribution >= 4 is 28.4 Å². The van der Waals surface area contributed by atoms with Crippen molar-refractivity contribution in [2.24, 2.45) is 0 Å². The first-order valence-electron chi connectivity index (χ1n) is 9.36. The Labute approximate surface area is 165 Å². The van der Waals surface area contributed by atoms with Crippen LogP contribution in [0.4, 0.5) is 11.5 Å². The lowest BCUT2D eigenvalue weighted by Crippen LogP contribution is -2.42. The van der Waals surface area contributed by atoms with Gasteiger partial charge in [0.1, 0.15) is 17.0 Å². The van der Waals surface area contributed by atoms with Gasteiger partial charge in [-0.25, -0.2) is 9.59 Å². The fourth-order valence-corrected chi connectivity index (χ4v) is 3.14. The lowest BCUT2D eigenvalue weighted by Gasteiger charge is -2.22. The van der Waals surface area contributed by atoms with E-state index in [2.05, 4.69) is 4.98 Å². The molecule has 0 bridgehead atoms. The van der Waals surface area contributed by atoms with Crippen LogP contribution in [0.2, 0.25) is 0 Å². The second kappa shape index (κ2) is 8.17. The highest BCUT2D eigenvalue weighted by Gasteiger charge is 2.26. The Morgan fingerprint density at radius 2 is 1.93 bits per heavy atom. The molecule has 3 N–H and O–H groups in total. The minimum absolute atomic E-state index is 0.0599. The summed E-state index contributed by atoms with van der Waals surface area (Å²) in [7, 11) is 0. The molecule has 3 rings (SSSR count). The number of amides is 1. The van der Waals surface area contributed by atoms with Crippen molar-refractivity contribution in [3.8, 4) is 0 Å². The van der Waals surface area contributed by atoms with Crippen LogP contribution in [0.1, 0.15) is 37.0 Å². The molecule has 0 unspecified atom stereocenters. The van der Waals surface area contributed by atoms with Crippen molar-refractivity contribution in [1.29, 1.82) is 0 Å². The van der Waals surface area contributed by atoms with Gasteiger partial charge in [-0.1, -0.05) is 31.5 Å². The average Bonchev–Trinajstić information content (AvgIpc) is 2.69. The van der Waals surface area contributed by atoms with E-state index in [1.807, 2.05) is 6.92 Å². The van der Waals surface area contributed by atoms with E-state index in [-0.39, 0.29) is 23.6 Å². The molecular weight excluding hydrogens is 376 g/mol. The number of nitrogens with zero attached hydrogens (tertiary/aromatic N) is 2. The number of unbranched alkanes of at least 4 members (excludes halogenated alkanes) is 1. The van der Waals surface area contributed by atoms with Crippen LogP contribution in [-0.2, 0) is 6.54 Å². The maximum absolute atomic E-state index is 13.1. The molecule has 1 aromatic carbocycles. The van der Waals surface area contributed by atoms with Gasteiger partial charge in [0, 0.05) is 18.5 Å². The number of nitrogens with two attached hydrogens (primary N) is 1. The molecule has 2 heterocycles. The van der Waals surface area contributed by atoms with Crippen LogP contribution >= 0.6 is 0 Å². The molecule has 9 nitrogen and oxygen atoms in total. The molecule has 0 radical (unpaired) electrons. The fourth-order valence-electron chi connectivity index (χ4n) is 3.14. The summed E-state index contributed by atoms with van der Waals surface area (Å²) in [6.07, 6.45) is 1.48. The largest absolute Gasteiger partial charge is 0.422 e. The zero-order valence-electron chi connectivity index (χ0n) is 16.2. The molecule has 0 saturated heterocycles. The Balaban J connectivity index is 2.14. The molecule has 0 aliphatic heterocycles. The maximum Gasteiger partial charge on any atom is 0.349 e. The molecule has 0 fully saturated rings. The van der Waals surface area contributed by atoms with Crippen LogP contribution in [0.5, 0.6) is 0 Å². The lowest BCUT2D eigenvalue weighted by atomic mass is 10.1. The Kier molecular flexibility index (Phi) is 5.67. The minimum Gasteiger partial charge on any atom is -0.422 e. The third kappa shape index (κ3) is 3.71. The van der Waals surface area contributed by atoms with Crippen LogP contribution in [-0.4, -0.2) is 22.0 Å². The molecule has 29 heavy (non-hydrogen) atoms. The van der Waals surface area contributed by atoms with E-state index >= 15 is 0 Å². The highest BCUT2D eigenvalue weighted by molar-refractivity contribution is 6.08. The van der Waals surface area contributed by atoms with Gasteiger partial charge in [-0.3, -0.25) is 19.1 Å². The molecule has 9 heteroatoms. The van der Waals surface area contributed by atoms with Crippen LogP contribution in [0.3, 0.4) is 0 Å². The van der Waals surface area contributed by atoms with Crippen LogP contribution < -0.4 is 27.5 Å². The molecule has 3 aromatic rings. The molecular formula is C20H22N4O5. The number of hydrogen-bond donors (Lipinski definition) is 2. The molecule has 0 atom stereocenters. The summed E-state index contributed by atoms with van der Waals surface area (Å²) in [5, 5.41) is 0.571. The van der Waals surface area contributed by atoms with Crippen molar-refractivity contribution in [3.63, 3.8) is 0 Å². The van der Waals surface area contributed by atoms with Crippen LogP contribution in [0.25, 0.3) is 11.0 Å². The molecule has 0 aliphatic rings. The summed E-state index contributed by atoms with van der Waals surface area (Å²) in [5.41, 5.74) is 3.80. The Bertz CT molecular complexity index is 1240. The van der Waals surface area contributed by atoms with E-state index in [9.17, 15) is 19.2 Å². The van der Waals surface area contributed by atoms with E-state index < -0.39 is 22.8 Å². The Hall–Kier alpha value is -3.62. The lowest BCUT2D eigenvalue weighted by molar-refractivity contribution is 0.0984. The molecule has 1 amide bonds. The number of nitrogen functional groups attached to an aromatic ring is 1. The Morgan fingerprint density at radius 1 is 1.21 bits per heavy atom. The van der Waals surface area contributed by atoms with Gasteiger partial charge in [-0.05, 0) is 25.5 Å². The number of carbonyl (C=O) groups excluding carboxylic acids is 1. The monoisotopic (exact) mass is 398 g/mol. The third-order valence-electron chi connectivity index (χ3n) is 4.65. The van der Waals surface area contributed by atoms with Crippen molar-refractivity contribution in [1.82, 2.24) is 9.55 Å². The van der Waals surface area contributed by atoms with E-state index in [1.54, 1.807) is 31.2 Å². The number of carbonyl (C=O) groups is 1. The van der Waals surface area contributed by atoms with Gasteiger partial charge in [0.05, 0.1) is 0 Å². The summed E-state index contributed by atoms with van der Waals surface area (Å²) in [5.74, 6) is -0.850. The van der Waals surface area contributed by atoms with Crippen LogP contribution in [0, 0.1) is 0 Å². The predicted molar refractivity (Wildman–Crippen MR) is 110 cm³/mol. The standard InChI is InChI=1S/C20H22N4O5/c1-3-5-10-24-16(21)15(17(25)22-20(24)28)23(4-2)18(26)13-11-12-8-6-7-9-14(12)29-19(13)27/h6-9,11H,3-5,10,21H2,1-2H3,(H,22,25,28).